The molecule has 2 aromatic carbocycles. The van der Waals surface area contributed by atoms with Crippen LogP contribution in [-0.2, 0) is 4.79 Å². The molecule has 0 unspecified atom stereocenters. The number of H-pyrrole nitrogens is 1. The molecule has 1 fully saturated rings. The van der Waals surface area contributed by atoms with E-state index < -0.39 is 11.9 Å². The Kier molecular flexibility index (Phi) is 5.01. The largest absolute Gasteiger partial charge is 0.496 e. The highest BCUT2D eigenvalue weighted by molar-refractivity contribution is 6.13. The van der Waals surface area contributed by atoms with E-state index in [2.05, 4.69) is 4.98 Å². The topological polar surface area (TPSA) is 95.5 Å². The van der Waals surface area contributed by atoms with Gasteiger partial charge in [0.25, 0.3) is 5.91 Å². The second kappa shape index (κ2) is 8.00. The normalized spacial score (nSPS) is 14.7. The van der Waals surface area contributed by atoms with E-state index >= 15 is 0 Å². The van der Waals surface area contributed by atoms with Crippen molar-refractivity contribution >= 4 is 33.7 Å². The summed E-state index contributed by atoms with van der Waals surface area (Å²) >= 11 is 0. The Morgan fingerprint density at radius 3 is 2.53 bits per heavy atom. The Morgan fingerprint density at radius 2 is 1.78 bits per heavy atom. The predicted molar refractivity (Wildman–Crippen MR) is 122 cm³/mol. The molecule has 0 radical (unpaired) electrons. The third-order valence-corrected chi connectivity index (χ3v) is 6.21. The molecule has 4 aromatic rings. The maximum Gasteiger partial charge on any atom is 0.306 e. The SMILES string of the molecule is COc1ccccc1-c1nc(C(=O)N2CCC(C(=O)O)CC2)cc2c1[nH]c1ccccc12. The van der Waals surface area contributed by atoms with Crippen molar-refractivity contribution in [2.45, 2.75) is 12.8 Å². The number of carbonyl (C=O) groups is 2. The fraction of sp³-hybridized carbons (Fsp3) is 0.240. The summed E-state index contributed by atoms with van der Waals surface area (Å²) in [6.07, 6.45) is 0.908. The molecule has 2 aromatic heterocycles. The molecule has 0 atom stereocenters. The third-order valence-electron chi connectivity index (χ3n) is 6.21. The van der Waals surface area contributed by atoms with Crippen LogP contribution in [0.3, 0.4) is 0 Å². The van der Waals surface area contributed by atoms with Gasteiger partial charge < -0.3 is 19.7 Å². The average molecular weight is 429 g/mol. The van der Waals surface area contributed by atoms with Crippen molar-refractivity contribution in [3.05, 3.63) is 60.3 Å². The van der Waals surface area contributed by atoms with Crippen LogP contribution in [0.2, 0.25) is 0 Å². The lowest BCUT2D eigenvalue weighted by Crippen LogP contribution is -2.40. The van der Waals surface area contributed by atoms with Gasteiger partial charge in [0.1, 0.15) is 11.4 Å². The first-order valence-corrected chi connectivity index (χ1v) is 10.6. The number of pyridine rings is 1. The maximum atomic E-state index is 13.4. The minimum atomic E-state index is -0.797. The zero-order chi connectivity index (χ0) is 22.2. The van der Waals surface area contributed by atoms with Crippen LogP contribution in [0.5, 0.6) is 5.75 Å². The first-order valence-electron chi connectivity index (χ1n) is 10.6. The number of aliphatic carboxylic acids is 1. The van der Waals surface area contributed by atoms with E-state index in [9.17, 15) is 14.7 Å². The van der Waals surface area contributed by atoms with E-state index in [-0.39, 0.29) is 5.91 Å². The minimum absolute atomic E-state index is 0.183. The van der Waals surface area contributed by atoms with Gasteiger partial charge in [-0.2, -0.15) is 0 Å². The fourth-order valence-corrected chi connectivity index (χ4v) is 4.48. The number of ether oxygens (including phenoxy) is 1. The van der Waals surface area contributed by atoms with Crippen LogP contribution < -0.4 is 4.74 Å². The molecule has 32 heavy (non-hydrogen) atoms. The highest BCUT2D eigenvalue weighted by Crippen LogP contribution is 2.37. The molecule has 1 aliphatic heterocycles. The zero-order valence-electron chi connectivity index (χ0n) is 17.7. The molecule has 0 spiro atoms. The molecule has 2 N–H and O–H groups in total. The molecule has 162 valence electrons. The number of benzene rings is 2. The number of nitrogens with one attached hydrogen (secondary N) is 1. The average Bonchev–Trinajstić information content (AvgIpc) is 3.21. The molecule has 7 heteroatoms. The number of amides is 1. The van der Waals surface area contributed by atoms with Gasteiger partial charge in [-0.25, -0.2) is 4.98 Å². The number of aromatic amines is 1. The van der Waals surface area contributed by atoms with Gasteiger partial charge in [0, 0.05) is 34.9 Å². The highest BCUT2D eigenvalue weighted by Gasteiger charge is 2.29. The lowest BCUT2D eigenvalue weighted by atomic mass is 9.97. The van der Waals surface area contributed by atoms with Crippen molar-refractivity contribution < 1.29 is 19.4 Å². The number of carboxylic acids is 1. The maximum absolute atomic E-state index is 13.4. The van der Waals surface area contributed by atoms with E-state index in [0.717, 1.165) is 27.4 Å². The molecule has 1 saturated heterocycles. The number of hydrogen-bond acceptors (Lipinski definition) is 4. The first kappa shape index (κ1) is 20.1. The molecule has 1 amide bonds. The highest BCUT2D eigenvalue weighted by atomic mass is 16.5. The van der Waals surface area contributed by atoms with E-state index in [4.69, 9.17) is 9.72 Å². The minimum Gasteiger partial charge on any atom is -0.496 e. The van der Waals surface area contributed by atoms with Crippen LogP contribution in [0, 0.1) is 5.92 Å². The van der Waals surface area contributed by atoms with Gasteiger partial charge in [0.05, 0.1) is 24.2 Å². The van der Waals surface area contributed by atoms with Crippen LogP contribution >= 0.6 is 0 Å². The first-order chi connectivity index (χ1) is 15.6. The molecule has 1 aliphatic rings. The number of carboxylic acid groups (broad SMARTS) is 1. The Labute approximate surface area is 184 Å². The van der Waals surface area contributed by atoms with Gasteiger partial charge in [-0.3, -0.25) is 9.59 Å². The number of nitrogens with zero attached hydrogens (tertiary/aromatic N) is 2. The van der Waals surface area contributed by atoms with Gasteiger partial charge in [0.15, 0.2) is 0 Å². The second-order valence-electron chi connectivity index (χ2n) is 8.05. The van der Waals surface area contributed by atoms with E-state index in [1.54, 1.807) is 12.0 Å². The number of rotatable bonds is 4. The number of carbonyl (C=O) groups excluding carboxylic acids is 1. The van der Waals surface area contributed by atoms with Gasteiger partial charge >= 0.3 is 5.97 Å². The van der Waals surface area contributed by atoms with Crippen molar-refractivity contribution in [2.75, 3.05) is 20.2 Å². The molecule has 0 bridgehead atoms. The van der Waals surface area contributed by atoms with Gasteiger partial charge in [0.2, 0.25) is 0 Å². The fourth-order valence-electron chi connectivity index (χ4n) is 4.48. The van der Waals surface area contributed by atoms with Crippen LogP contribution in [-0.4, -0.2) is 52.1 Å². The molecular weight excluding hydrogens is 406 g/mol. The third kappa shape index (κ3) is 3.36. The summed E-state index contributed by atoms with van der Waals surface area (Å²) in [7, 11) is 1.61. The number of aromatic nitrogens is 2. The molecule has 7 nitrogen and oxygen atoms in total. The number of hydrogen-bond donors (Lipinski definition) is 2. The summed E-state index contributed by atoms with van der Waals surface area (Å²) in [4.78, 5) is 34.6. The Balaban J connectivity index is 1.65. The quantitative estimate of drug-likeness (QED) is 0.503. The summed E-state index contributed by atoms with van der Waals surface area (Å²) in [5.41, 5.74) is 3.60. The smallest absolute Gasteiger partial charge is 0.306 e. The van der Waals surface area contributed by atoms with Gasteiger partial charge in [-0.1, -0.05) is 30.3 Å². The number of likely N-dealkylation sites (tertiary alicyclic amines) is 1. The zero-order valence-corrected chi connectivity index (χ0v) is 17.7. The summed E-state index contributed by atoms with van der Waals surface area (Å²) < 4.78 is 5.57. The lowest BCUT2D eigenvalue weighted by molar-refractivity contribution is -0.143. The van der Waals surface area contributed by atoms with E-state index in [1.165, 1.54) is 0 Å². The standard InChI is InChI=1S/C25H23N3O4/c1-32-21-9-5-3-7-17(21)22-23-18(16-6-2-4-8-19(16)26-23)14-20(27-22)24(29)28-12-10-15(11-13-28)25(30)31/h2-9,14-15,26H,10-13H2,1H3,(H,30,31). The predicted octanol–water partition coefficient (Wildman–Crippen LogP) is 4.33. The number of para-hydroxylation sites is 2. The Hall–Kier alpha value is -3.87. The molecule has 5 rings (SSSR count). The second-order valence-corrected chi connectivity index (χ2v) is 8.05. The summed E-state index contributed by atoms with van der Waals surface area (Å²) in [5, 5.41) is 11.2. The summed E-state index contributed by atoms with van der Waals surface area (Å²) in [6, 6.07) is 17.4. The summed E-state index contributed by atoms with van der Waals surface area (Å²) in [6.45, 7) is 0.820. The molecular formula is C25H23N3O4. The van der Waals surface area contributed by atoms with Crippen LogP contribution in [0.15, 0.2) is 54.6 Å². The van der Waals surface area contributed by atoms with Crippen molar-refractivity contribution in [1.82, 2.24) is 14.9 Å². The molecule has 3 heterocycles. The lowest BCUT2D eigenvalue weighted by Gasteiger charge is -2.30. The number of piperidine rings is 1. The Morgan fingerprint density at radius 1 is 1.06 bits per heavy atom. The monoisotopic (exact) mass is 429 g/mol. The molecule has 0 aliphatic carbocycles. The number of fused-ring (bicyclic) bond motifs is 3. The van der Waals surface area contributed by atoms with Crippen molar-refractivity contribution in [3.8, 4) is 17.0 Å². The van der Waals surface area contributed by atoms with Crippen molar-refractivity contribution in [1.29, 1.82) is 0 Å². The van der Waals surface area contributed by atoms with Gasteiger partial charge in [-0.05, 0) is 37.1 Å². The van der Waals surface area contributed by atoms with Crippen LogP contribution in [0.1, 0.15) is 23.3 Å². The van der Waals surface area contributed by atoms with Crippen molar-refractivity contribution in [2.24, 2.45) is 5.92 Å². The van der Waals surface area contributed by atoms with Gasteiger partial charge in [-0.15, -0.1) is 0 Å². The van der Waals surface area contributed by atoms with Crippen molar-refractivity contribution in [3.63, 3.8) is 0 Å². The van der Waals surface area contributed by atoms with E-state index in [0.29, 0.717) is 43.1 Å². The Bertz CT molecular complexity index is 1340. The molecule has 0 saturated carbocycles. The van der Waals surface area contributed by atoms with Crippen LogP contribution in [0.25, 0.3) is 33.1 Å². The summed E-state index contributed by atoms with van der Waals surface area (Å²) in [5.74, 6) is -0.704. The van der Waals surface area contributed by atoms with E-state index in [1.807, 2.05) is 54.6 Å². The van der Waals surface area contributed by atoms with Crippen LogP contribution in [0.4, 0.5) is 0 Å². The number of methoxy groups -OCH3 is 1.